The molecule has 3 nitrogen and oxygen atoms in total. The van der Waals surface area contributed by atoms with Gasteiger partial charge in [0, 0.05) is 33.1 Å². The number of halogens is 1. The number of fused-ring (bicyclic) bond motifs is 1. The molecular formula is C19H18BrNO2S. The van der Waals surface area contributed by atoms with Crippen molar-refractivity contribution >= 4 is 38.6 Å². The van der Waals surface area contributed by atoms with E-state index in [9.17, 15) is 4.79 Å². The lowest BCUT2D eigenvalue weighted by Gasteiger charge is -2.12. The predicted molar refractivity (Wildman–Crippen MR) is 104 cm³/mol. The van der Waals surface area contributed by atoms with Gasteiger partial charge in [-0.15, -0.1) is 11.8 Å². The summed E-state index contributed by atoms with van der Waals surface area (Å²) < 4.78 is 8.15. The molecule has 0 saturated heterocycles. The van der Waals surface area contributed by atoms with Crippen LogP contribution in [0.5, 0.6) is 5.75 Å². The number of pyridine rings is 1. The van der Waals surface area contributed by atoms with Gasteiger partial charge in [0.25, 0.3) is 5.56 Å². The summed E-state index contributed by atoms with van der Waals surface area (Å²) in [5.74, 6) is 1.59. The summed E-state index contributed by atoms with van der Waals surface area (Å²) in [6, 6.07) is 15.7. The standard InChI is InChI=1S/C19H18BrNO2S/c1-3-21-17-7-5-4-6-15(17)18(11-19(21)22)24-12-13-10-14(23-2)8-9-16(13)20/h4-11H,3,12H2,1-2H3. The Hall–Kier alpha value is -1.72. The largest absolute Gasteiger partial charge is 0.497 e. The van der Waals surface area contributed by atoms with Crippen molar-refractivity contribution in [3.8, 4) is 5.75 Å². The van der Waals surface area contributed by atoms with Gasteiger partial charge >= 0.3 is 0 Å². The third-order valence-electron chi connectivity index (χ3n) is 3.93. The monoisotopic (exact) mass is 403 g/mol. The van der Waals surface area contributed by atoms with Crippen LogP contribution in [0.2, 0.25) is 0 Å². The molecule has 0 spiro atoms. The van der Waals surface area contributed by atoms with E-state index in [0.29, 0.717) is 6.54 Å². The first kappa shape index (κ1) is 17.1. The minimum atomic E-state index is 0.0448. The van der Waals surface area contributed by atoms with Crippen LogP contribution in [0.15, 0.2) is 62.7 Å². The van der Waals surface area contributed by atoms with Gasteiger partial charge < -0.3 is 9.30 Å². The van der Waals surface area contributed by atoms with E-state index >= 15 is 0 Å². The number of para-hydroxylation sites is 1. The molecule has 1 aromatic heterocycles. The Labute approximate surface area is 153 Å². The molecule has 0 fully saturated rings. The predicted octanol–water partition coefficient (Wildman–Crippen LogP) is 5.08. The number of ether oxygens (including phenoxy) is 1. The van der Waals surface area contributed by atoms with Crippen LogP contribution < -0.4 is 10.3 Å². The van der Waals surface area contributed by atoms with Crippen LogP contribution in [-0.2, 0) is 12.3 Å². The second-order valence-electron chi connectivity index (χ2n) is 5.35. The third-order valence-corrected chi connectivity index (χ3v) is 5.81. The number of thioether (sulfide) groups is 1. The number of aromatic nitrogens is 1. The first-order chi connectivity index (χ1) is 11.6. The van der Waals surface area contributed by atoms with Gasteiger partial charge in [-0.3, -0.25) is 4.79 Å². The molecule has 0 bridgehead atoms. The number of methoxy groups -OCH3 is 1. The molecule has 0 aliphatic carbocycles. The summed E-state index contributed by atoms with van der Waals surface area (Å²) in [7, 11) is 1.66. The van der Waals surface area contributed by atoms with Gasteiger partial charge in [-0.05, 0) is 36.8 Å². The Morgan fingerprint density at radius 1 is 1.17 bits per heavy atom. The quantitative estimate of drug-likeness (QED) is 0.556. The van der Waals surface area contributed by atoms with Crippen LogP contribution in [0, 0.1) is 0 Å². The second-order valence-corrected chi connectivity index (χ2v) is 7.23. The molecule has 0 atom stereocenters. The fraction of sp³-hybridized carbons (Fsp3) is 0.211. The summed E-state index contributed by atoms with van der Waals surface area (Å²) in [6.45, 7) is 2.67. The highest BCUT2D eigenvalue weighted by Gasteiger charge is 2.10. The Kier molecular flexibility index (Phi) is 5.31. The van der Waals surface area contributed by atoms with E-state index in [1.807, 2.05) is 43.3 Å². The maximum Gasteiger partial charge on any atom is 0.252 e. The molecule has 3 rings (SSSR count). The highest BCUT2D eigenvalue weighted by Crippen LogP contribution is 2.32. The molecule has 0 radical (unpaired) electrons. The van der Waals surface area contributed by atoms with Crippen molar-refractivity contribution in [2.24, 2.45) is 0 Å². The molecular weight excluding hydrogens is 386 g/mol. The number of hydrogen-bond donors (Lipinski definition) is 0. The molecule has 1 heterocycles. The van der Waals surface area contributed by atoms with E-state index in [4.69, 9.17) is 4.74 Å². The Morgan fingerprint density at radius 2 is 1.96 bits per heavy atom. The lowest BCUT2D eigenvalue weighted by molar-refractivity contribution is 0.414. The summed E-state index contributed by atoms with van der Waals surface area (Å²) in [4.78, 5) is 13.4. The van der Waals surface area contributed by atoms with E-state index in [1.165, 1.54) is 0 Å². The molecule has 24 heavy (non-hydrogen) atoms. The van der Waals surface area contributed by atoms with Crippen LogP contribution in [0.1, 0.15) is 12.5 Å². The van der Waals surface area contributed by atoms with E-state index in [2.05, 4.69) is 22.0 Å². The minimum absolute atomic E-state index is 0.0448. The number of rotatable bonds is 5. The zero-order valence-electron chi connectivity index (χ0n) is 13.6. The summed E-state index contributed by atoms with van der Waals surface area (Å²) in [5.41, 5.74) is 2.17. The highest BCUT2D eigenvalue weighted by atomic mass is 79.9. The molecule has 5 heteroatoms. The topological polar surface area (TPSA) is 31.2 Å². The van der Waals surface area contributed by atoms with Crippen LogP contribution >= 0.6 is 27.7 Å². The van der Waals surface area contributed by atoms with Crippen molar-refractivity contribution < 1.29 is 4.74 Å². The SMILES string of the molecule is CCn1c(=O)cc(SCc2cc(OC)ccc2Br)c2ccccc21. The molecule has 0 N–H and O–H groups in total. The first-order valence-electron chi connectivity index (χ1n) is 7.72. The number of hydrogen-bond acceptors (Lipinski definition) is 3. The lowest BCUT2D eigenvalue weighted by atomic mass is 10.2. The molecule has 0 unspecified atom stereocenters. The summed E-state index contributed by atoms with van der Waals surface area (Å²) >= 11 is 5.26. The van der Waals surface area contributed by atoms with Crippen molar-refractivity contribution in [1.82, 2.24) is 4.57 Å². The van der Waals surface area contributed by atoms with Crippen LogP contribution in [0.25, 0.3) is 10.9 Å². The lowest BCUT2D eigenvalue weighted by Crippen LogP contribution is -2.18. The first-order valence-corrected chi connectivity index (χ1v) is 9.49. The molecule has 2 aromatic carbocycles. The molecule has 0 amide bonds. The van der Waals surface area contributed by atoms with Gasteiger partial charge in [0.2, 0.25) is 0 Å². The summed E-state index contributed by atoms with van der Waals surface area (Å²) in [5, 5.41) is 1.11. The van der Waals surface area contributed by atoms with Crippen LogP contribution in [0.3, 0.4) is 0 Å². The van der Waals surface area contributed by atoms with E-state index in [-0.39, 0.29) is 5.56 Å². The van der Waals surface area contributed by atoms with Gasteiger partial charge in [-0.25, -0.2) is 0 Å². The maximum absolute atomic E-state index is 12.4. The van der Waals surface area contributed by atoms with E-state index in [0.717, 1.165) is 37.3 Å². The van der Waals surface area contributed by atoms with Crippen molar-refractivity contribution in [3.63, 3.8) is 0 Å². The molecule has 0 aliphatic rings. The average molecular weight is 404 g/mol. The fourth-order valence-corrected chi connectivity index (χ4v) is 4.33. The Bertz CT molecular complexity index is 936. The van der Waals surface area contributed by atoms with E-state index < -0.39 is 0 Å². The smallest absolute Gasteiger partial charge is 0.252 e. The summed E-state index contributed by atoms with van der Waals surface area (Å²) in [6.07, 6.45) is 0. The van der Waals surface area contributed by atoms with Crippen LogP contribution in [-0.4, -0.2) is 11.7 Å². The Morgan fingerprint density at radius 3 is 2.71 bits per heavy atom. The zero-order chi connectivity index (χ0) is 17.1. The molecule has 124 valence electrons. The van der Waals surface area contributed by atoms with Crippen molar-refractivity contribution in [2.75, 3.05) is 7.11 Å². The molecule has 0 aliphatic heterocycles. The van der Waals surface area contributed by atoms with Crippen molar-refractivity contribution in [2.45, 2.75) is 24.1 Å². The maximum atomic E-state index is 12.4. The zero-order valence-corrected chi connectivity index (χ0v) is 16.0. The normalized spacial score (nSPS) is 11.0. The van der Waals surface area contributed by atoms with Gasteiger partial charge in [0.05, 0.1) is 12.6 Å². The second kappa shape index (κ2) is 7.45. The van der Waals surface area contributed by atoms with Gasteiger partial charge in [0.1, 0.15) is 5.75 Å². The van der Waals surface area contributed by atoms with Crippen molar-refractivity contribution in [3.05, 3.63) is 68.9 Å². The Balaban J connectivity index is 1.98. The highest BCUT2D eigenvalue weighted by molar-refractivity contribution is 9.10. The average Bonchev–Trinajstić information content (AvgIpc) is 2.61. The minimum Gasteiger partial charge on any atom is -0.497 e. The van der Waals surface area contributed by atoms with Gasteiger partial charge in [-0.2, -0.15) is 0 Å². The van der Waals surface area contributed by atoms with Crippen LogP contribution in [0.4, 0.5) is 0 Å². The number of nitrogens with zero attached hydrogens (tertiary/aromatic N) is 1. The number of aryl methyl sites for hydroxylation is 1. The third kappa shape index (κ3) is 3.37. The molecule has 3 aromatic rings. The fourth-order valence-electron chi connectivity index (χ4n) is 2.69. The number of benzene rings is 2. The van der Waals surface area contributed by atoms with Gasteiger partial charge in [-0.1, -0.05) is 34.1 Å². The van der Waals surface area contributed by atoms with E-state index in [1.54, 1.807) is 29.5 Å². The van der Waals surface area contributed by atoms with Gasteiger partial charge in [0.15, 0.2) is 0 Å². The molecule has 0 saturated carbocycles. The van der Waals surface area contributed by atoms with Crippen molar-refractivity contribution in [1.29, 1.82) is 0 Å².